The molecule has 1 heterocycles. The monoisotopic (exact) mass is 256 g/mol. The third-order valence-electron chi connectivity index (χ3n) is 2.48. The molecule has 1 saturated heterocycles. The maximum atomic E-state index is 11.9. The van der Waals surface area contributed by atoms with Crippen LogP contribution in [0.15, 0.2) is 30.3 Å². The molecule has 0 aromatic heterocycles. The number of nitrogens with one attached hydrogen (secondary N) is 1. The van der Waals surface area contributed by atoms with Crippen LogP contribution in [0.1, 0.15) is 5.56 Å². The normalized spacial score (nSPS) is 18.1. The van der Waals surface area contributed by atoms with Crippen molar-refractivity contribution in [3.05, 3.63) is 35.9 Å². The van der Waals surface area contributed by atoms with E-state index in [2.05, 4.69) is 4.83 Å². The molecule has 1 fully saturated rings. The van der Waals surface area contributed by atoms with Crippen molar-refractivity contribution in [1.82, 2.24) is 9.84 Å². The number of rotatable bonds is 4. The summed E-state index contributed by atoms with van der Waals surface area (Å²) in [4.78, 5) is 2.57. The van der Waals surface area contributed by atoms with Crippen LogP contribution in [0.5, 0.6) is 0 Å². The smallest absolute Gasteiger partial charge is 0.228 e. The molecule has 0 amide bonds. The lowest BCUT2D eigenvalue weighted by Crippen LogP contribution is -2.48. The fourth-order valence-electron chi connectivity index (χ4n) is 1.68. The Bertz CT molecular complexity index is 441. The summed E-state index contributed by atoms with van der Waals surface area (Å²) in [5.41, 5.74) is 0.785. The number of hydrazine groups is 1. The Hall–Kier alpha value is -0.950. The molecule has 0 unspecified atom stereocenters. The van der Waals surface area contributed by atoms with Crippen LogP contribution in [0.4, 0.5) is 0 Å². The molecular weight excluding hydrogens is 240 g/mol. The second kappa shape index (κ2) is 5.59. The number of benzene rings is 1. The number of morpholine rings is 1. The van der Waals surface area contributed by atoms with E-state index >= 15 is 0 Å². The Labute approximate surface area is 101 Å². The van der Waals surface area contributed by atoms with E-state index < -0.39 is 10.0 Å². The van der Waals surface area contributed by atoms with Crippen molar-refractivity contribution in [2.75, 3.05) is 26.3 Å². The van der Waals surface area contributed by atoms with Gasteiger partial charge in [0.2, 0.25) is 10.0 Å². The molecule has 94 valence electrons. The lowest BCUT2D eigenvalue weighted by molar-refractivity contribution is 0.0272. The first-order valence-electron chi connectivity index (χ1n) is 5.52. The highest BCUT2D eigenvalue weighted by Gasteiger charge is 2.18. The van der Waals surface area contributed by atoms with Crippen LogP contribution < -0.4 is 4.83 Å². The zero-order valence-electron chi connectivity index (χ0n) is 9.50. The van der Waals surface area contributed by atoms with E-state index in [0.717, 1.165) is 5.56 Å². The Morgan fingerprint density at radius 2 is 1.82 bits per heavy atom. The maximum absolute atomic E-state index is 11.9. The average molecular weight is 256 g/mol. The predicted octanol–water partition coefficient (Wildman–Crippen LogP) is 0.353. The first-order chi connectivity index (χ1) is 8.16. The molecule has 0 bridgehead atoms. The largest absolute Gasteiger partial charge is 0.379 e. The van der Waals surface area contributed by atoms with Crippen LogP contribution in [0.2, 0.25) is 0 Å². The number of hydrogen-bond acceptors (Lipinski definition) is 4. The number of sulfonamides is 1. The topological polar surface area (TPSA) is 58.6 Å². The van der Waals surface area contributed by atoms with E-state index in [4.69, 9.17) is 4.74 Å². The second-order valence-corrected chi connectivity index (χ2v) is 5.64. The van der Waals surface area contributed by atoms with Gasteiger partial charge in [-0.2, -0.15) is 0 Å². The van der Waals surface area contributed by atoms with Crippen LogP contribution in [0.25, 0.3) is 0 Å². The van der Waals surface area contributed by atoms with Crippen molar-refractivity contribution in [2.45, 2.75) is 5.75 Å². The Morgan fingerprint density at radius 3 is 2.47 bits per heavy atom. The molecule has 0 radical (unpaired) electrons. The zero-order chi connectivity index (χ0) is 12.1. The summed E-state index contributed by atoms with van der Waals surface area (Å²) in [6.07, 6.45) is 0. The standard InChI is InChI=1S/C11H16N2O3S/c14-17(15,10-11-4-2-1-3-5-11)12-13-6-8-16-9-7-13/h1-5,12H,6-10H2. The van der Waals surface area contributed by atoms with Crippen molar-refractivity contribution < 1.29 is 13.2 Å². The van der Waals surface area contributed by atoms with Gasteiger partial charge in [-0.15, -0.1) is 4.83 Å². The van der Waals surface area contributed by atoms with Crippen molar-refractivity contribution in [3.63, 3.8) is 0 Å². The molecule has 1 aromatic rings. The summed E-state index contributed by atoms with van der Waals surface area (Å²) in [7, 11) is -3.31. The van der Waals surface area contributed by atoms with Crippen LogP contribution in [0, 0.1) is 0 Å². The van der Waals surface area contributed by atoms with Crippen molar-refractivity contribution in [1.29, 1.82) is 0 Å². The van der Waals surface area contributed by atoms with E-state index in [1.807, 2.05) is 18.2 Å². The minimum Gasteiger partial charge on any atom is -0.379 e. The summed E-state index contributed by atoms with van der Waals surface area (Å²) in [5, 5.41) is 1.68. The van der Waals surface area contributed by atoms with Gasteiger partial charge in [0, 0.05) is 13.1 Å². The Morgan fingerprint density at radius 1 is 1.18 bits per heavy atom. The van der Waals surface area contributed by atoms with E-state index in [1.165, 1.54) is 0 Å². The SMILES string of the molecule is O=S(=O)(Cc1ccccc1)NN1CCOCC1. The van der Waals surface area contributed by atoms with E-state index in [-0.39, 0.29) is 5.75 Å². The van der Waals surface area contributed by atoms with Crippen molar-refractivity contribution in [3.8, 4) is 0 Å². The minimum atomic E-state index is -3.31. The summed E-state index contributed by atoms with van der Waals surface area (Å²) in [6, 6.07) is 9.14. The Kier molecular flexibility index (Phi) is 4.11. The summed E-state index contributed by atoms with van der Waals surface area (Å²) in [6.45, 7) is 2.31. The molecule has 0 saturated carbocycles. The number of hydrogen-bond donors (Lipinski definition) is 1. The first kappa shape index (κ1) is 12.5. The van der Waals surface area contributed by atoms with Gasteiger partial charge in [-0.05, 0) is 5.56 Å². The highest BCUT2D eigenvalue weighted by Crippen LogP contribution is 2.05. The summed E-state index contributed by atoms with van der Waals surface area (Å²) < 4.78 is 28.9. The molecule has 0 atom stereocenters. The highest BCUT2D eigenvalue weighted by molar-refractivity contribution is 7.88. The zero-order valence-corrected chi connectivity index (χ0v) is 10.3. The molecular formula is C11H16N2O3S. The molecule has 6 heteroatoms. The molecule has 0 aliphatic carbocycles. The predicted molar refractivity (Wildman–Crippen MR) is 64.6 cm³/mol. The van der Waals surface area contributed by atoms with Gasteiger partial charge >= 0.3 is 0 Å². The van der Waals surface area contributed by atoms with E-state index in [0.29, 0.717) is 26.3 Å². The fourth-order valence-corrected chi connectivity index (χ4v) is 2.95. The lowest BCUT2D eigenvalue weighted by atomic mass is 10.2. The third-order valence-corrected chi connectivity index (χ3v) is 3.73. The van der Waals surface area contributed by atoms with Gasteiger partial charge < -0.3 is 4.74 Å². The summed E-state index contributed by atoms with van der Waals surface area (Å²) >= 11 is 0. The number of nitrogens with zero attached hydrogens (tertiary/aromatic N) is 1. The summed E-state index contributed by atoms with van der Waals surface area (Å²) in [5.74, 6) is 0.00516. The number of ether oxygens (including phenoxy) is 1. The molecule has 1 aliphatic heterocycles. The second-order valence-electron chi connectivity index (χ2n) is 3.94. The minimum absolute atomic E-state index is 0.00516. The van der Waals surface area contributed by atoms with Crippen molar-refractivity contribution in [2.24, 2.45) is 0 Å². The van der Waals surface area contributed by atoms with E-state index in [9.17, 15) is 8.42 Å². The van der Waals surface area contributed by atoms with Gasteiger partial charge in [0.25, 0.3) is 0 Å². The van der Waals surface area contributed by atoms with Gasteiger partial charge in [-0.25, -0.2) is 13.4 Å². The van der Waals surface area contributed by atoms with Gasteiger partial charge in [-0.1, -0.05) is 30.3 Å². The molecule has 1 N–H and O–H groups in total. The van der Waals surface area contributed by atoms with Crippen LogP contribution >= 0.6 is 0 Å². The van der Waals surface area contributed by atoms with Gasteiger partial charge in [-0.3, -0.25) is 0 Å². The molecule has 1 aliphatic rings. The third kappa shape index (κ3) is 4.08. The lowest BCUT2D eigenvalue weighted by Gasteiger charge is -2.26. The average Bonchev–Trinajstić information content (AvgIpc) is 2.30. The van der Waals surface area contributed by atoms with Crippen molar-refractivity contribution >= 4 is 10.0 Å². The molecule has 0 spiro atoms. The fraction of sp³-hybridized carbons (Fsp3) is 0.455. The van der Waals surface area contributed by atoms with Crippen LogP contribution in [-0.4, -0.2) is 39.7 Å². The van der Waals surface area contributed by atoms with Gasteiger partial charge in [0.1, 0.15) is 0 Å². The molecule has 5 nitrogen and oxygen atoms in total. The molecule has 17 heavy (non-hydrogen) atoms. The van der Waals surface area contributed by atoms with Gasteiger partial charge in [0.05, 0.1) is 19.0 Å². The first-order valence-corrected chi connectivity index (χ1v) is 7.18. The highest BCUT2D eigenvalue weighted by atomic mass is 32.2. The maximum Gasteiger partial charge on any atom is 0.228 e. The molecule has 2 rings (SSSR count). The Balaban J connectivity index is 1.94. The molecule has 1 aromatic carbocycles. The van der Waals surface area contributed by atoms with Crippen LogP contribution in [-0.2, 0) is 20.5 Å². The quantitative estimate of drug-likeness (QED) is 0.844. The van der Waals surface area contributed by atoms with Gasteiger partial charge in [0.15, 0.2) is 0 Å². The van der Waals surface area contributed by atoms with E-state index in [1.54, 1.807) is 17.1 Å². The van der Waals surface area contributed by atoms with Crippen LogP contribution in [0.3, 0.4) is 0 Å².